The van der Waals surface area contributed by atoms with E-state index in [1.54, 1.807) is 6.07 Å². The van der Waals surface area contributed by atoms with Crippen LogP contribution in [0.4, 0.5) is 11.6 Å². The molecule has 0 unspecified atom stereocenters. The molecule has 0 aliphatic rings. The first-order valence-corrected chi connectivity index (χ1v) is 6.12. The van der Waals surface area contributed by atoms with Gasteiger partial charge in [0.25, 0.3) is 5.56 Å². The zero-order chi connectivity index (χ0) is 13.0. The van der Waals surface area contributed by atoms with Crippen molar-refractivity contribution in [1.82, 2.24) is 9.97 Å². The number of hydrogen-bond donors (Lipinski definition) is 2. The number of benzene rings is 1. The third-order valence-corrected chi connectivity index (χ3v) is 2.72. The monoisotopic (exact) mass is 243 g/mol. The number of nitrogens with zero attached hydrogens (tertiary/aromatic N) is 1. The summed E-state index contributed by atoms with van der Waals surface area (Å²) >= 11 is 0. The van der Waals surface area contributed by atoms with Gasteiger partial charge in [0.2, 0.25) is 5.95 Å². The highest BCUT2D eigenvalue weighted by atomic mass is 16.1. The Balaban J connectivity index is 2.29. The van der Waals surface area contributed by atoms with Crippen molar-refractivity contribution in [3.8, 4) is 0 Å². The van der Waals surface area contributed by atoms with E-state index in [9.17, 15) is 4.79 Å². The second-order valence-corrected chi connectivity index (χ2v) is 4.28. The molecule has 0 saturated heterocycles. The lowest BCUT2D eigenvalue weighted by Crippen LogP contribution is -2.12. The Morgan fingerprint density at radius 1 is 1.33 bits per heavy atom. The van der Waals surface area contributed by atoms with Crippen molar-refractivity contribution >= 4 is 11.6 Å². The first-order chi connectivity index (χ1) is 8.69. The van der Waals surface area contributed by atoms with Crippen LogP contribution < -0.4 is 10.9 Å². The van der Waals surface area contributed by atoms with E-state index in [4.69, 9.17) is 0 Å². The normalized spacial score (nSPS) is 10.3. The lowest BCUT2D eigenvalue weighted by molar-refractivity contribution is 0.870. The number of hydrogen-bond acceptors (Lipinski definition) is 3. The van der Waals surface area contributed by atoms with Crippen LogP contribution >= 0.6 is 0 Å². The molecule has 2 aromatic rings. The Morgan fingerprint density at radius 3 is 2.83 bits per heavy atom. The molecule has 18 heavy (non-hydrogen) atoms. The molecule has 2 rings (SSSR count). The highest BCUT2D eigenvalue weighted by molar-refractivity contribution is 5.57. The standard InChI is InChI=1S/C14H17N3O/c1-3-6-11-9-13(18)17-14(15-11)16-12-8-5-4-7-10(12)2/h4-5,7-9H,3,6H2,1-2H3,(H2,15,16,17,18). The molecule has 0 fully saturated rings. The Bertz CT molecular complexity index is 590. The maximum absolute atomic E-state index is 11.5. The van der Waals surface area contributed by atoms with Gasteiger partial charge in [0.15, 0.2) is 0 Å². The number of para-hydroxylation sites is 1. The lowest BCUT2D eigenvalue weighted by atomic mass is 10.2. The third kappa shape index (κ3) is 2.97. The van der Waals surface area contributed by atoms with Crippen molar-refractivity contribution < 1.29 is 0 Å². The van der Waals surface area contributed by atoms with Crippen molar-refractivity contribution in [2.75, 3.05) is 5.32 Å². The highest BCUT2D eigenvalue weighted by Gasteiger charge is 2.02. The molecular formula is C14H17N3O. The predicted molar refractivity (Wildman–Crippen MR) is 73.3 cm³/mol. The van der Waals surface area contributed by atoms with Crippen LogP contribution in [0.1, 0.15) is 24.6 Å². The van der Waals surface area contributed by atoms with Crippen LogP contribution in [0.2, 0.25) is 0 Å². The van der Waals surface area contributed by atoms with Crippen LogP contribution in [0.3, 0.4) is 0 Å². The van der Waals surface area contributed by atoms with Gasteiger partial charge >= 0.3 is 0 Å². The molecule has 0 atom stereocenters. The molecule has 0 aliphatic carbocycles. The number of H-pyrrole nitrogens is 1. The van der Waals surface area contributed by atoms with Gasteiger partial charge in [0.1, 0.15) is 0 Å². The summed E-state index contributed by atoms with van der Waals surface area (Å²) < 4.78 is 0. The molecule has 0 amide bonds. The molecular weight excluding hydrogens is 226 g/mol. The van der Waals surface area contributed by atoms with E-state index in [2.05, 4.69) is 22.2 Å². The summed E-state index contributed by atoms with van der Waals surface area (Å²) in [5.74, 6) is 0.500. The van der Waals surface area contributed by atoms with E-state index in [1.807, 2.05) is 31.2 Å². The Hall–Kier alpha value is -2.10. The maximum atomic E-state index is 11.5. The fraction of sp³-hybridized carbons (Fsp3) is 0.286. The minimum atomic E-state index is -0.215. The molecule has 4 heteroatoms. The molecule has 0 spiro atoms. The molecule has 0 aliphatic heterocycles. The molecule has 94 valence electrons. The van der Waals surface area contributed by atoms with E-state index in [0.29, 0.717) is 5.95 Å². The lowest BCUT2D eigenvalue weighted by Gasteiger charge is -2.09. The van der Waals surface area contributed by atoms with E-state index in [1.165, 1.54) is 0 Å². The van der Waals surface area contributed by atoms with Crippen LogP contribution in [-0.4, -0.2) is 9.97 Å². The quantitative estimate of drug-likeness (QED) is 0.868. The Kier molecular flexibility index (Phi) is 3.77. The minimum absolute atomic E-state index is 0.215. The van der Waals surface area contributed by atoms with Crippen LogP contribution in [0, 0.1) is 6.92 Å². The summed E-state index contributed by atoms with van der Waals surface area (Å²) in [5, 5.41) is 3.15. The van der Waals surface area contributed by atoms with Crippen molar-refractivity contribution in [2.45, 2.75) is 26.7 Å². The zero-order valence-corrected chi connectivity index (χ0v) is 10.7. The van der Waals surface area contributed by atoms with Crippen LogP contribution in [-0.2, 0) is 6.42 Å². The summed E-state index contributed by atoms with van der Waals surface area (Å²) in [7, 11) is 0. The number of aromatic amines is 1. The van der Waals surface area contributed by atoms with Gasteiger partial charge in [0, 0.05) is 17.4 Å². The SMILES string of the molecule is CCCc1cc(=O)nc(Nc2ccccc2C)[nH]1. The fourth-order valence-electron chi connectivity index (χ4n) is 1.81. The third-order valence-electron chi connectivity index (χ3n) is 2.72. The number of aromatic nitrogens is 2. The average molecular weight is 243 g/mol. The Labute approximate surface area is 106 Å². The summed E-state index contributed by atoms with van der Waals surface area (Å²) in [6.45, 7) is 4.09. The number of anilines is 2. The average Bonchev–Trinajstić information content (AvgIpc) is 2.32. The molecule has 1 aromatic heterocycles. The first kappa shape index (κ1) is 12.4. The molecule has 1 aromatic carbocycles. The smallest absolute Gasteiger partial charge is 0.274 e. The van der Waals surface area contributed by atoms with Gasteiger partial charge in [-0.1, -0.05) is 31.5 Å². The van der Waals surface area contributed by atoms with E-state index >= 15 is 0 Å². The van der Waals surface area contributed by atoms with Crippen molar-refractivity contribution in [3.05, 3.63) is 51.9 Å². The van der Waals surface area contributed by atoms with Crippen molar-refractivity contribution in [3.63, 3.8) is 0 Å². The molecule has 0 radical (unpaired) electrons. The van der Waals surface area contributed by atoms with Crippen molar-refractivity contribution in [1.29, 1.82) is 0 Å². The van der Waals surface area contributed by atoms with Crippen LogP contribution in [0.5, 0.6) is 0 Å². The molecule has 2 N–H and O–H groups in total. The number of rotatable bonds is 4. The van der Waals surface area contributed by atoms with Gasteiger partial charge in [-0.2, -0.15) is 4.98 Å². The number of aryl methyl sites for hydroxylation is 2. The minimum Gasteiger partial charge on any atom is -0.329 e. The summed E-state index contributed by atoms with van der Waals surface area (Å²) in [6.07, 6.45) is 1.84. The van der Waals surface area contributed by atoms with Gasteiger partial charge in [-0.3, -0.25) is 4.79 Å². The van der Waals surface area contributed by atoms with Crippen molar-refractivity contribution in [2.24, 2.45) is 0 Å². The molecule has 1 heterocycles. The number of nitrogens with one attached hydrogen (secondary N) is 2. The Morgan fingerprint density at radius 2 is 2.11 bits per heavy atom. The van der Waals surface area contributed by atoms with Gasteiger partial charge in [-0.15, -0.1) is 0 Å². The maximum Gasteiger partial charge on any atom is 0.274 e. The fourth-order valence-corrected chi connectivity index (χ4v) is 1.81. The van der Waals surface area contributed by atoms with Crippen LogP contribution in [0.15, 0.2) is 35.1 Å². The zero-order valence-electron chi connectivity index (χ0n) is 10.7. The summed E-state index contributed by atoms with van der Waals surface area (Å²) in [5.41, 5.74) is 2.76. The molecule has 4 nitrogen and oxygen atoms in total. The topological polar surface area (TPSA) is 57.8 Å². The summed E-state index contributed by atoms with van der Waals surface area (Å²) in [4.78, 5) is 18.6. The van der Waals surface area contributed by atoms with Gasteiger partial charge in [0.05, 0.1) is 0 Å². The highest BCUT2D eigenvalue weighted by Crippen LogP contribution is 2.16. The van der Waals surface area contributed by atoms with Gasteiger partial charge in [-0.25, -0.2) is 0 Å². The predicted octanol–water partition coefficient (Wildman–Crippen LogP) is 2.77. The largest absolute Gasteiger partial charge is 0.329 e. The first-order valence-electron chi connectivity index (χ1n) is 6.12. The van der Waals surface area contributed by atoms with Gasteiger partial charge < -0.3 is 10.3 Å². The second kappa shape index (κ2) is 5.49. The van der Waals surface area contributed by atoms with E-state index in [-0.39, 0.29) is 5.56 Å². The molecule has 0 saturated carbocycles. The van der Waals surface area contributed by atoms with E-state index < -0.39 is 0 Å². The van der Waals surface area contributed by atoms with E-state index in [0.717, 1.165) is 29.8 Å². The van der Waals surface area contributed by atoms with Crippen LogP contribution in [0.25, 0.3) is 0 Å². The van der Waals surface area contributed by atoms with Gasteiger partial charge in [-0.05, 0) is 25.0 Å². The summed E-state index contributed by atoms with van der Waals surface area (Å²) in [6, 6.07) is 9.44. The molecule has 0 bridgehead atoms. The second-order valence-electron chi connectivity index (χ2n) is 4.28.